The molecule has 17 heavy (non-hydrogen) atoms. The van der Waals surface area contributed by atoms with Crippen LogP contribution in [-0.4, -0.2) is 4.98 Å². The Morgan fingerprint density at radius 1 is 1.35 bits per heavy atom. The Bertz CT molecular complexity index is 557. The fourth-order valence-electron chi connectivity index (χ4n) is 1.37. The summed E-state index contributed by atoms with van der Waals surface area (Å²) in [6, 6.07) is 6.24. The number of nitrogens with one attached hydrogen (secondary N) is 1. The number of halogens is 2. The van der Waals surface area contributed by atoms with Crippen molar-refractivity contribution in [2.75, 3.05) is 11.1 Å². The molecule has 0 aliphatic rings. The summed E-state index contributed by atoms with van der Waals surface area (Å²) >= 11 is 3.34. The highest BCUT2D eigenvalue weighted by Gasteiger charge is 2.04. The van der Waals surface area contributed by atoms with Gasteiger partial charge in [-0.1, -0.05) is 0 Å². The first-order valence-corrected chi connectivity index (χ1v) is 5.80. The standard InChI is InChI=1S/C12H11BrFN3/c1-7-4-12(16-6-10(7)15)17-11-5-8(14)2-3-9(11)13/h2-6H,15H2,1H3,(H,16,17). The van der Waals surface area contributed by atoms with Gasteiger partial charge in [0.1, 0.15) is 11.6 Å². The first kappa shape index (κ1) is 11.9. The second-order valence-corrected chi connectivity index (χ2v) is 4.53. The molecule has 1 aromatic heterocycles. The lowest BCUT2D eigenvalue weighted by Crippen LogP contribution is -1.98. The number of aromatic nitrogens is 1. The van der Waals surface area contributed by atoms with E-state index in [1.807, 2.05) is 13.0 Å². The lowest BCUT2D eigenvalue weighted by molar-refractivity contribution is 0.628. The molecule has 2 rings (SSSR count). The minimum Gasteiger partial charge on any atom is -0.397 e. The molecule has 5 heteroatoms. The van der Waals surface area contributed by atoms with Crippen LogP contribution in [0.4, 0.5) is 21.6 Å². The zero-order valence-electron chi connectivity index (χ0n) is 9.17. The molecule has 0 bridgehead atoms. The van der Waals surface area contributed by atoms with Crippen molar-refractivity contribution in [3.8, 4) is 0 Å². The Labute approximate surface area is 107 Å². The van der Waals surface area contributed by atoms with Crippen molar-refractivity contribution in [3.63, 3.8) is 0 Å². The fraction of sp³-hybridized carbons (Fsp3) is 0.0833. The van der Waals surface area contributed by atoms with E-state index in [2.05, 4.69) is 26.2 Å². The van der Waals surface area contributed by atoms with Crippen LogP contribution in [0.15, 0.2) is 34.9 Å². The molecule has 1 aromatic carbocycles. The third kappa shape index (κ3) is 2.74. The van der Waals surface area contributed by atoms with Gasteiger partial charge >= 0.3 is 0 Å². The first-order chi connectivity index (χ1) is 8.06. The van der Waals surface area contributed by atoms with Crippen LogP contribution in [0.5, 0.6) is 0 Å². The van der Waals surface area contributed by atoms with E-state index in [9.17, 15) is 4.39 Å². The molecule has 2 aromatic rings. The lowest BCUT2D eigenvalue weighted by atomic mass is 10.2. The molecule has 0 aliphatic heterocycles. The highest BCUT2D eigenvalue weighted by Crippen LogP contribution is 2.26. The highest BCUT2D eigenvalue weighted by atomic mass is 79.9. The van der Waals surface area contributed by atoms with Crippen molar-refractivity contribution in [1.29, 1.82) is 0 Å². The monoisotopic (exact) mass is 295 g/mol. The summed E-state index contributed by atoms with van der Waals surface area (Å²) in [4.78, 5) is 4.13. The summed E-state index contributed by atoms with van der Waals surface area (Å²) in [5.74, 6) is 0.325. The van der Waals surface area contributed by atoms with Crippen molar-refractivity contribution in [2.24, 2.45) is 0 Å². The lowest BCUT2D eigenvalue weighted by Gasteiger charge is -2.09. The summed E-state index contributed by atoms with van der Waals surface area (Å²) in [5, 5.41) is 3.03. The number of pyridine rings is 1. The van der Waals surface area contributed by atoms with Crippen molar-refractivity contribution in [2.45, 2.75) is 6.92 Å². The summed E-state index contributed by atoms with van der Waals surface area (Å²) in [6.07, 6.45) is 1.57. The Morgan fingerprint density at radius 3 is 2.82 bits per heavy atom. The molecule has 1 heterocycles. The predicted molar refractivity (Wildman–Crippen MR) is 70.8 cm³/mol. The van der Waals surface area contributed by atoms with Crippen LogP contribution < -0.4 is 11.1 Å². The van der Waals surface area contributed by atoms with E-state index < -0.39 is 0 Å². The third-order valence-corrected chi connectivity index (χ3v) is 3.03. The number of hydrogen-bond acceptors (Lipinski definition) is 3. The Balaban J connectivity index is 2.31. The predicted octanol–water partition coefficient (Wildman–Crippen LogP) is 3.62. The van der Waals surface area contributed by atoms with E-state index in [1.54, 1.807) is 12.3 Å². The van der Waals surface area contributed by atoms with Gasteiger partial charge in [-0.15, -0.1) is 0 Å². The third-order valence-electron chi connectivity index (χ3n) is 2.34. The Kier molecular flexibility index (Phi) is 3.28. The molecule has 88 valence electrons. The van der Waals surface area contributed by atoms with Crippen molar-refractivity contribution >= 4 is 33.1 Å². The van der Waals surface area contributed by atoms with Gasteiger partial charge in [-0.25, -0.2) is 9.37 Å². The van der Waals surface area contributed by atoms with Crippen molar-refractivity contribution in [1.82, 2.24) is 4.98 Å². The smallest absolute Gasteiger partial charge is 0.130 e. The quantitative estimate of drug-likeness (QED) is 0.890. The van der Waals surface area contributed by atoms with E-state index in [1.165, 1.54) is 12.1 Å². The molecular formula is C12H11BrFN3. The number of nitrogens with zero attached hydrogens (tertiary/aromatic N) is 1. The highest BCUT2D eigenvalue weighted by molar-refractivity contribution is 9.10. The van der Waals surface area contributed by atoms with Crippen LogP contribution in [0.1, 0.15) is 5.56 Å². The number of benzene rings is 1. The average molecular weight is 296 g/mol. The van der Waals surface area contributed by atoms with Crippen molar-refractivity contribution < 1.29 is 4.39 Å². The fourth-order valence-corrected chi connectivity index (χ4v) is 1.71. The number of rotatable bonds is 2. The van der Waals surface area contributed by atoms with E-state index in [0.717, 1.165) is 10.0 Å². The summed E-state index contributed by atoms with van der Waals surface area (Å²) in [6.45, 7) is 1.89. The molecule has 0 unspecified atom stereocenters. The summed E-state index contributed by atoms with van der Waals surface area (Å²) in [7, 11) is 0. The number of anilines is 3. The number of aryl methyl sites for hydroxylation is 1. The zero-order chi connectivity index (χ0) is 12.4. The van der Waals surface area contributed by atoms with E-state index in [-0.39, 0.29) is 5.82 Å². The second-order valence-electron chi connectivity index (χ2n) is 3.68. The van der Waals surface area contributed by atoms with Crippen molar-refractivity contribution in [3.05, 3.63) is 46.3 Å². The molecule has 0 saturated carbocycles. The number of hydrogen-bond donors (Lipinski definition) is 2. The molecule has 0 spiro atoms. The largest absolute Gasteiger partial charge is 0.397 e. The van der Waals surface area contributed by atoms with Gasteiger partial charge in [0.05, 0.1) is 17.6 Å². The van der Waals surface area contributed by atoms with E-state index in [0.29, 0.717) is 17.2 Å². The minimum absolute atomic E-state index is 0.303. The van der Waals surface area contributed by atoms with Gasteiger partial charge in [0, 0.05) is 4.47 Å². The summed E-state index contributed by atoms with van der Waals surface area (Å²) < 4.78 is 13.9. The SMILES string of the molecule is Cc1cc(Nc2cc(F)ccc2Br)ncc1N. The Hall–Kier alpha value is -1.62. The molecule has 0 atom stereocenters. The van der Waals surface area contributed by atoms with Gasteiger partial charge in [0.25, 0.3) is 0 Å². The topological polar surface area (TPSA) is 50.9 Å². The number of nitrogens with two attached hydrogens (primary N) is 1. The van der Waals surface area contributed by atoms with Gasteiger partial charge < -0.3 is 11.1 Å². The molecule has 0 radical (unpaired) electrons. The summed E-state index contributed by atoms with van der Waals surface area (Å²) in [5.41, 5.74) is 7.86. The van der Waals surface area contributed by atoms with Gasteiger partial charge in [0.2, 0.25) is 0 Å². The average Bonchev–Trinajstić information content (AvgIpc) is 2.29. The maximum absolute atomic E-state index is 13.1. The zero-order valence-corrected chi connectivity index (χ0v) is 10.8. The maximum atomic E-state index is 13.1. The van der Waals surface area contributed by atoms with Crippen LogP contribution in [-0.2, 0) is 0 Å². The van der Waals surface area contributed by atoms with Gasteiger partial charge in [-0.2, -0.15) is 0 Å². The maximum Gasteiger partial charge on any atom is 0.130 e. The normalized spacial score (nSPS) is 10.3. The number of nitrogen functional groups attached to an aromatic ring is 1. The Morgan fingerprint density at radius 2 is 2.12 bits per heavy atom. The van der Waals surface area contributed by atoms with Gasteiger partial charge in [-0.05, 0) is 52.7 Å². The van der Waals surface area contributed by atoms with Crippen LogP contribution in [0, 0.1) is 12.7 Å². The van der Waals surface area contributed by atoms with E-state index >= 15 is 0 Å². The van der Waals surface area contributed by atoms with Crippen LogP contribution in [0.25, 0.3) is 0 Å². The van der Waals surface area contributed by atoms with Gasteiger partial charge in [0.15, 0.2) is 0 Å². The second kappa shape index (κ2) is 4.71. The van der Waals surface area contributed by atoms with E-state index in [4.69, 9.17) is 5.73 Å². The van der Waals surface area contributed by atoms with Crippen LogP contribution >= 0.6 is 15.9 Å². The molecule has 3 N–H and O–H groups in total. The van der Waals surface area contributed by atoms with Gasteiger partial charge in [-0.3, -0.25) is 0 Å². The molecule has 0 saturated heterocycles. The molecule has 3 nitrogen and oxygen atoms in total. The molecule has 0 amide bonds. The van der Waals surface area contributed by atoms with Crippen LogP contribution in [0.2, 0.25) is 0 Å². The molecule has 0 aliphatic carbocycles. The molecule has 0 fully saturated rings. The first-order valence-electron chi connectivity index (χ1n) is 5.00. The van der Waals surface area contributed by atoms with Crippen LogP contribution in [0.3, 0.4) is 0 Å². The minimum atomic E-state index is -0.303. The molecular weight excluding hydrogens is 285 g/mol.